The molecule has 326 valence electrons. The van der Waals surface area contributed by atoms with Crippen LogP contribution in [0.4, 0.5) is 0 Å². The van der Waals surface area contributed by atoms with Crippen LogP contribution in [0.5, 0.6) is 0 Å². The molecule has 0 fully saturated rings. The molecule has 56 heavy (non-hydrogen) atoms. The molecule has 1 unspecified atom stereocenters. The molecular weight excluding hydrogens is 725 g/mol. The van der Waals surface area contributed by atoms with Gasteiger partial charge in [0.05, 0.1) is 27.7 Å². The van der Waals surface area contributed by atoms with Crippen molar-refractivity contribution in [1.29, 1.82) is 0 Å². The number of phosphoric ester groups is 1. The molecule has 0 bridgehead atoms. The summed E-state index contributed by atoms with van der Waals surface area (Å²) in [6, 6.07) is 0. The van der Waals surface area contributed by atoms with Crippen molar-refractivity contribution < 1.29 is 42.1 Å². The molecule has 0 aliphatic rings. The van der Waals surface area contributed by atoms with Gasteiger partial charge in [-0.15, -0.1) is 0 Å². The number of nitrogens with zero attached hydrogens (tertiary/aromatic N) is 1. The van der Waals surface area contributed by atoms with Gasteiger partial charge in [-0.25, -0.2) is 0 Å². The molecule has 0 radical (unpaired) electrons. The van der Waals surface area contributed by atoms with Crippen molar-refractivity contribution in [2.24, 2.45) is 0 Å². The van der Waals surface area contributed by atoms with Gasteiger partial charge in [0.2, 0.25) is 0 Å². The van der Waals surface area contributed by atoms with E-state index in [1.165, 1.54) is 96.3 Å². The van der Waals surface area contributed by atoms with Crippen LogP contribution >= 0.6 is 7.82 Å². The SMILES string of the molecule is CCCCCCCC/C=C/C/C=C/CCCCC(=O)OC[C@H](COP(=O)([O-])OCC[N+](C)(C)C)OC(=O)CCC/C=C/C/C=C/CCCCCCCCCCC. The summed E-state index contributed by atoms with van der Waals surface area (Å²) in [5, 5.41) is 0. The number of ether oxygens (including phenoxy) is 2. The average molecular weight is 810 g/mol. The van der Waals surface area contributed by atoms with Crippen molar-refractivity contribution in [3.05, 3.63) is 48.6 Å². The van der Waals surface area contributed by atoms with Crippen LogP contribution < -0.4 is 4.89 Å². The average Bonchev–Trinajstić information content (AvgIpc) is 3.15. The minimum Gasteiger partial charge on any atom is -0.756 e. The van der Waals surface area contributed by atoms with E-state index in [4.69, 9.17) is 18.5 Å². The van der Waals surface area contributed by atoms with Gasteiger partial charge in [-0.05, 0) is 70.6 Å². The number of esters is 2. The Bertz CT molecular complexity index is 1100. The topological polar surface area (TPSA) is 111 Å². The molecule has 0 amide bonds. The fourth-order valence-electron chi connectivity index (χ4n) is 5.78. The lowest BCUT2D eigenvalue weighted by Crippen LogP contribution is -2.37. The van der Waals surface area contributed by atoms with Crippen LogP contribution in [0, 0.1) is 0 Å². The zero-order valence-corrected chi connectivity index (χ0v) is 37.5. The lowest BCUT2D eigenvalue weighted by Gasteiger charge is -2.28. The first-order valence-corrected chi connectivity index (χ1v) is 23.8. The standard InChI is InChI=1S/C46H84NO8P/c1-6-8-10-12-14-16-18-20-22-23-25-27-29-31-33-35-37-39-46(49)55-44(43-54-56(50,51)53-41-40-47(3,4)5)42-52-45(48)38-36-34-32-30-28-26-24-21-19-17-15-13-11-9-7-2/h21,24-25,27-28,30-31,33,44H,6-20,22-23,26,29,32,34-43H2,1-5H3/b24-21+,27-25+,30-28+,33-31+/t44-/m1/s1. The Labute approximate surface area is 343 Å². The van der Waals surface area contributed by atoms with E-state index in [1.807, 2.05) is 21.1 Å². The van der Waals surface area contributed by atoms with Crippen LogP contribution in [0.1, 0.15) is 181 Å². The molecule has 0 spiro atoms. The summed E-state index contributed by atoms with van der Waals surface area (Å²) >= 11 is 0. The molecule has 0 heterocycles. The van der Waals surface area contributed by atoms with Crippen LogP contribution in [0.25, 0.3) is 0 Å². The van der Waals surface area contributed by atoms with Crippen molar-refractivity contribution in [3.8, 4) is 0 Å². The van der Waals surface area contributed by atoms with Crippen LogP contribution in [-0.2, 0) is 32.7 Å². The van der Waals surface area contributed by atoms with Gasteiger partial charge in [-0.1, -0.05) is 146 Å². The monoisotopic (exact) mass is 810 g/mol. The van der Waals surface area contributed by atoms with E-state index in [1.54, 1.807) is 0 Å². The van der Waals surface area contributed by atoms with Crippen molar-refractivity contribution in [3.63, 3.8) is 0 Å². The first-order valence-electron chi connectivity index (χ1n) is 22.3. The molecule has 0 aromatic rings. The molecule has 0 aliphatic heterocycles. The second kappa shape index (κ2) is 38.5. The van der Waals surface area contributed by atoms with Crippen LogP contribution in [0.2, 0.25) is 0 Å². The van der Waals surface area contributed by atoms with Crippen LogP contribution in [0.15, 0.2) is 48.6 Å². The number of unbranched alkanes of at least 4 members (excludes halogenated alkanes) is 18. The maximum absolute atomic E-state index is 12.6. The van der Waals surface area contributed by atoms with Gasteiger partial charge < -0.3 is 27.9 Å². The third-order valence-electron chi connectivity index (χ3n) is 9.32. The lowest BCUT2D eigenvalue weighted by atomic mass is 10.1. The third-order valence-corrected chi connectivity index (χ3v) is 10.3. The molecule has 0 rings (SSSR count). The number of carbonyl (C=O) groups excluding carboxylic acids is 2. The summed E-state index contributed by atoms with van der Waals surface area (Å²) in [5.41, 5.74) is 0. The number of phosphoric acid groups is 1. The van der Waals surface area contributed by atoms with Crippen molar-refractivity contribution >= 4 is 19.8 Å². The van der Waals surface area contributed by atoms with Gasteiger partial charge in [-0.2, -0.15) is 0 Å². The fraction of sp³-hybridized carbons (Fsp3) is 0.783. The summed E-state index contributed by atoms with van der Waals surface area (Å²) in [7, 11) is 1.12. The molecule has 0 N–H and O–H groups in total. The number of hydrogen-bond donors (Lipinski definition) is 0. The minimum absolute atomic E-state index is 0.0442. The molecular formula is C46H84NO8P. The highest BCUT2D eigenvalue weighted by Crippen LogP contribution is 2.38. The molecule has 2 atom stereocenters. The second-order valence-corrected chi connectivity index (χ2v) is 17.5. The maximum Gasteiger partial charge on any atom is 0.306 e. The Kier molecular flexibility index (Phi) is 37.1. The van der Waals surface area contributed by atoms with Gasteiger partial charge in [0.1, 0.15) is 19.8 Å². The third kappa shape index (κ3) is 41.6. The normalized spacial score (nSPS) is 14.0. The predicted molar refractivity (Wildman–Crippen MR) is 231 cm³/mol. The van der Waals surface area contributed by atoms with E-state index >= 15 is 0 Å². The molecule has 0 saturated heterocycles. The summed E-state index contributed by atoms with van der Waals surface area (Å²) in [5.74, 6) is -0.927. The van der Waals surface area contributed by atoms with E-state index in [2.05, 4.69) is 62.5 Å². The summed E-state index contributed by atoms with van der Waals surface area (Å²) in [6.45, 7) is 4.13. The van der Waals surface area contributed by atoms with E-state index in [9.17, 15) is 19.0 Å². The van der Waals surface area contributed by atoms with Crippen LogP contribution in [0.3, 0.4) is 0 Å². The van der Waals surface area contributed by atoms with Gasteiger partial charge in [-0.3, -0.25) is 14.2 Å². The summed E-state index contributed by atoms with van der Waals surface area (Å²) in [6.07, 6.45) is 44.4. The molecule has 0 aromatic heterocycles. The van der Waals surface area contributed by atoms with Crippen molar-refractivity contribution in [1.82, 2.24) is 0 Å². The first kappa shape index (κ1) is 54.0. The molecule has 0 saturated carbocycles. The molecule has 0 aromatic carbocycles. The Hall–Kier alpha value is -2.03. The smallest absolute Gasteiger partial charge is 0.306 e. The molecule has 9 nitrogen and oxygen atoms in total. The number of allylic oxidation sites excluding steroid dienone is 8. The zero-order valence-electron chi connectivity index (χ0n) is 36.6. The lowest BCUT2D eigenvalue weighted by molar-refractivity contribution is -0.870. The number of rotatable bonds is 40. The van der Waals surface area contributed by atoms with Crippen molar-refractivity contribution in [2.45, 2.75) is 187 Å². The van der Waals surface area contributed by atoms with Gasteiger partial charge in [0, 0.05) is 12.8 Å². The largest absolute Gasteiger partial charge is 0.756 e. The Morgan fingerprint density at radius 2 is 0.982 bits per heavy atom. The summed E-state index contributed by atoms with van der Waals surface area (Å²) < 4.78 is 33.8. The molecule has 10 heteroatoms. The van der Waals surface area contributed by atoms with Gasteiger partial charge in [0.15, 0.2) is 6.10 Å². The summed E-state index contributed by atoms with van der Waals surface area (Å²) in [4.78, 5) is 37.5. The highest BCUT2D eigenvalue weighted by Gasteiger charge is 2.21. The van der Waals surface area contributed by atoms with E-state index < -0.39 is 32.5 Å². The minimum atomic E-state index is -4.64. The number of hydrogen-bond acceptors (Lipinski definition) is 8. The first-order chi connectivity index (χ1) is 27.0. The van der Waals surface area contributed by atoms with Crippen LogP contribution in [-0.4, -0.2) is 70.0 Å². The molecule has 0 aliphatic carbocycles. The van der Waals surface area contributed by atoms with Gasteiger partial charge >= 0.3 is 11.9 Å². The predicted octanol–water partition coefficient (Wildman–Crippen LogP) is 12.1. The number of quaternary nitrogens is 1. The second-order valence-electron chi connectivity index (χ2n) is 16.1. The Balaban J connectivity index is 4.47. The number of likely N-dealkylation sites (N-methyl/N-ethyl adjacent to an activating group) is 1. The van der Waals surface area contributed by atoms with E-state index in [0.29, 0.717) is 23.9 Å². The number of carbonyl (C=O) groups is 2. The highest BCUT2D eigenvalue weighted by molar-refractivity contribution is 7.45. The fourth-order valence-corrected chi connectivity index (χ4v) is 6.51. The van der Waals surface area contributed by atoms with E-state index in [-0.39, 0.29) is 26.1 Å². The van der Waals surface area contributed by atoms with E-state index in [0.717, 1.165) is 44.9 Å². The zero-order chi connectivity index (χ0) is 41.4. The quantitative estimate of drug-likeness (QED) is 0.0198. The highest BCUT2D eigenvalue weighted by atomic mass is 31.2. The Morgan fingerprint density at radius 1 is 0.554 bits per heavy atom. The van der Waals surface area contributed by atoms with Gasteiger partial charge in [0.25, 0.3) is 7.82 Å². The Morgan fingerprint density at radius 3 is 1.46 bits per heavy atom. The maximum atomic E-state index is 12.6. The van der Waals surface area contributed by atoms with Crippen molar-refractivity contribution in [2.75, 3.05) is 47.5 Å².